The molecule has 0 amide bonds. The molecule has 3 aromatic heterocycles. The molecule has 4 heterocycles. The van der Waals surface area contributed by atoms with Gasteiger partial charge in [-0.2, -0.15) is 0 Å². The van der Waals surface area contributed by atoms with Crippen LogP contribution < -0.4 is 10.2 Å². The van der Waals surface area contributed by atoms with E-state index in [1.165, 1.54) is 19.3 Å². The van der Waals surface area contributed by atoms with Crippen LogP contribution in [0.4, 0.5) is 11.8 Å². The van der Waals surface area contributed by atoms with E-state index in [1.807, 2.05) is 31.3 Å². The van der Waals surface area contributed by atoms with Gasteiger partial charge in [0.15, 0.2) is 0 Å². The molecule has 0 bridgehead atoms. The number of aromatic nitrogens is 4. The minimum Gasteiger partial charge on any atom is -0.395 e. The largest absolute Gasteiger partial charge is 0.395 e. The molecule has 7 heteroatoms. The van der Waals surface area contributed by atoms with Gasteiger partial charge in [-0.05, 0) is 44.4 Å². The number of aliphatic hydroxyl groups excluding tert-OH is 1. The fourth-order valence-electron chi connectivity index (χ4n) is 3.45. The second-order valence-corrected chi connectivity index (χ2v) is 6.69. The summed E-state index contributed by atoms with van der Waals surface area (Å²) in [7, 11) is 0. The molecule has 1 aliphatic rings. The number of piperidine rings is 1. The SMILES string of the molecule is Cc1cc(-c2cc(NCCO)nc3[nH]ccc23)nc(N2CCCCC2)n1. The van der Waals surface area contributed by atoms with E-state index < -0.39 is 0 Å². The topological polar surface area (TPSA) is 90.0 Å². The molecule has 0 unspecified atom stereocenters. The summed E-state index contributed by atoms with van der Waals surface area (Å²) < 4.78 is 0. The number of H-pyrrole nitrogens is 1. The van der Waals surface area contributed by atoms with Crippen LogP contribution in [-0.2, 0) is 0 Å². The Morgan fingerprint density at radius 3 is 2.81 bits per heavy atom. The zero-order chi connectivity index (χ0) is 17.9. The van der Waals surface area contributed by atoms with Crippen molar-refractivity contribution in [2.24, 2.45) is 0 Å². The van der Waals surface area contributed by atoms with Gasteiger partial charge >= 0.3 is 0 Å². The molecular weight excluding hydrogens is 328 g/mol. The highest BCUT2D eigenvalue weighted by atomic mass is 16.3. The summed E-state index contributed by atoms with van der Waals surface area (Å²) in [5.41, 5.74) is 3.68. The van der Waals surface area contributed by atoms with E-state index in [2.05, 4.69) is 25.2 Å². The summed E-state index contributed by atoms with van der Waals surface area (Å²) in [6, 6.07) is 6.03. The summed E-state index contributed by atoms with van der Waals surface area (Å²) >= 11 is 0. The van der Waals surface area contributed by atoms with Crippen molar-refractivity contribution in [3.05, 3.63) is 30.1 Å². The lowest BCUT2D eigenvalue weighted by molar-refractivity contribution is 0.311. The standard InChI is InChI=1S/C19H24N6O/c1-13-11-16(23-19(22-13)25-8-3-2-4-9-25)15-12-17(20-7-10-26)24-18-14(15)5-6-21-18/h5-6,11-12,26H,2-4,7-10H2,1H3,(H2,20,21,24). The highest BCUT2D eigenvalue weighted by Crippen LogP contribution is 2.30. The van der Waals surface area contributed by atoms with E-state index in [0.717, 1.165) is 52.8 Å². The van der Waals surface area contributed by atoms with Crippen LogP contribution in [0.2, 0.25) is 0 Å². The quantitative estimate of drug-likeness (QED) is 0.654. The van der Waals surface area contributed by atoms with Crippen LogP contribution >= 0.6 is 0 Å². The normalized spacial score (nSPS) is 14.8. The lowest BCUT2D eigenvalue weighted by Gasteiger charge is -2.27. The fraction of sp³-hybridized carbons (Fsp3) is 0.421. The Morgan fingerprint density at radius 2 is 2.00 bits per heavy atom. The zero-order valence-corrected chi connectivity index (χ0v) is 15.0. The Bertz CT molecular complexity index is 900. The van der Waals surface area contributed by atoms with Crippen molar-refractivity contribution < 1.29 is 5.11 Å². The average Bonchev–Trinajstić information content (AvgIpc) is 3.14. The van der Waals surface area contributed by atoms with Crippen LogP contribution in [0, 0.1) is 6.92 Å². The summed E-state index contributed by atoms with van der Waals surface area (Å²) in [6.45, 7) is 4.56. The van der Waals surface area contributed by atoms with E-state index in [9.17, 15) is 0 Å². The predicted molar refractivity (Wildman–Crippen MR) is 103 cm³/mol. The molecule has 0 saturated carbocycles. The lowest BCUT2D eigenvalue weighted by Crippen LogP contribution is -2.31. The first-order valence-corrected chi connectivity index (χ1v) is 9.18. The summed E-state index contributed by atoms with van der Waals surface area (Å²) in [6.07, 6.45) is 5.55. The van der Waals surface area contributed by atoms with Crippen molar-refractivity contribution in [1.29, 1.82) is 0 Å². The number of anilines is 2. The molecule has 0 aliphatic carbocycles. The molecule has 3 aromatic rings. The third-order valence-corrected chi connectivity index (χ3v) is 4.70. The third-order valence-electron chi connectivity index (χ3n) is 4.70. The summed E-state index contributed by atoms with van der Waals surface area (Å²) in [4.78, 5) is 19.6. The molecule has 7 nitrogen and oxygen atoms in total. The fourth-order valence-corrected chi connectivity index (χ4v) is 3.45. The molecule has 0 spiro atoms. The van der Waals surface area contributed by atoms with Gasteiger partial charge in [-0.1, -0.05) is 0 Å². The Balaban J connectivity index is 1.78. The monoisotopic (exact) mass is 352 g/mol. The molecule has 3 N–H and O–H groups in total. The third kappa shape index (κ3) is 3.35. The van der Waals surface area contributed by atoms with Crippen molar-refractivity contribution in [1.82, 2.24) is 19.9 Å². The molecule has 0 aromatic carbocycles. The molecular formula is C19H24N6O. The second-order valence-electron chi connectivity index (χ2n) is 6.69. The molecule has 26 heavy (non-hydrogen) atoms. The van der Waals surface area contributed by atoms with E-state index in [1.54, 1.807) is 0 Å². The van der Waals surface area contributed by atoms with Crippen LogP contribution in [0.3, 0.4) is 0 Å². The van der Waals surface area contributed by atoms with Gasteiger partial charge in [0, 0.05) is 42.5 Å². The number of nitrogens with one attached hydrogen (secondary N) is 2. The van der Waals surface area contributed by atoms with Crippen molar-refractivity contribution in [3.8, 4) is 11.3 Å². The number of hydrogen-bond donors (Lipinski definition) is 3. The maximum Gasteiger partial charge on any atom is 0.226 e. The molecule has 0 radical (unpaired) electrons. The van der Waals surface area contributed by atoms with E-state index in [0.29, 0.717) is 6.54 Å². The highest BCUT2D eigenvalue weighted by molar-refractivity contribution is 5.93. The average molecular weight is 352 g/mol. The molecule has 1 aliphatic heterocycles. The number of pyridine rings is 1. The van der Waals surface area contributed by atoms with Gasteiger partial charge in [0.25, 0.3) is 0 Å². The number of aliphatic hydroxyl groups is 1. The smallest absolute Gasteiger partial charge is 0.226 e. The van der Waals surface area contributed by atoms with Crippen LogP contribution in [0.1, 0.15) is 25.0 Å². The minimum absolute atomic E-state index is 0.0610. The molecule has 136 valence electrons. The van der Waals surface area contributed by atoms with Gasteiger partial charge in [-0.3, -0.25) is 0 Å². The molecule has 1 fully saturated rings. The summed E-state index contributed by atoms with van der Waals surface area (Å²) in [5, 5.41) is 13.3. The molecule has 0 atom stereocenters. The number of aromatic amines is 1. The number of aryl methyl sites for hydroxylation is 1. The zero-order valence-electron chi connectivity index (χ0n) is 15.0. The number of nitrogens with zero attached hydrogens (tertiary/aromatic N) is 4. The van der Waals surface area contributed by atoms with Crippen LogP contribution in [0.15, 0.2) is 24.4 Å². The lowest BCUT2D eigenvalue weighted by atomic mass is 10.1. The van der Waals surface area contributed by atoms with Crippen molar-refractivity contribution in [2.75, 3.05) is 36.5 Å². The maximum atomic E-state index is 9.08. The number of hydrogen-bond acceptors (Lipinski definition) is 6. The van der Waals surface area contributed by atoms with Gasteiger partial charge in [0.2, 0.25) is 5.95 Å². The Morgan fingerprint density at radius 1 is 1.15 bits per heavy atom. The molecule has 4 rings (SSSR count). The van der Waals surface area contributed by atoms with E-state index in [4.69, 9.17) is 10.1 Å². The van der Waals surface area contributed by atoms with Gasteiger partial charge < -0.3 is 20.3 Å². The van der Waals surface area contributed by atoms with Crippen molar-refractivity contribution >= 4 is 22.8 Å². The Hall–Kier alpha value is -2.67. The Kier molecular flexibility index (Phi) is 4.71. The van der Waals surface area contributed by atoms with Crippen molar-refractivity contribution in [3.63, 3.8) is 0 Å². The molecule has 1 saturated heterocycles. The highest BCUT2D eigenvalue weighted by Gasteiger charge is 2.17. The summed E-state index contributed by atoms with van der Waals surface area (Å²) in [5.74, 6) is 1.53. The maximum absolute atomic E-state index is 9.08. The van der Waals surface area contributed by atoms with E-state index >= 15 is 0 Å². The van der Waals surface area contributed by atoms with E-state index in [-0.39, 0.29) is 6.61 Å². The van der Waals surface area contributed by atoms with Crippen molar-refractivity contribution in [2.45, 2.75) is 26.2 Å². The van der Waals surface area contributed by atoms with Crippen LogP contribution in [0.25, 0.3) is 22.3 Å². The van der Waals surface area contributed by atoms with Gasteiger partial charge in [0.05, 0.1) is 12.3 Å². The van der Waals surface area contributed by atoms with Gasteiger partial charge in [0.1, 0.15) is 11.5 Å². The first kappa shape index (κ1) is 16.8. The number of fused-ring (bicyclic) bond motifs is 1. The Labute approximate surface area is 152 Å². The van der Waals surface area contributed by atoms with Crippen LogP contribution in [0.5, 0.6) is 0 Å². The first-order chi connectivity index (χ1) is 12.7. The predicted octanol–water partition coefficient (Wildman–Crippen LogP) is 2.72. The van der Waals surface area contributed by atoms with Crippen LogP contribution in [-0.4, -0.2) is 51.3 Å². The minimum atomic E-state index is 0.0610. The second kappa shape index (κ2) is 7.29. The first-order valence-electron chi connectivity index (χ1n) is 9.18. The van der Waals surface area contributed by atoms with Gasteiger partial charge in [-0.25, -0.2) is 15.0 Å². The number of rotatable bonds is 5. The van der Waals surface area contributed by atoms with Gasteiger partial charge in [-0.15, -0.1) is 0 Å².